The van der Waals surface area contributed by atoms with Crippen molar-refractivity contribution in [2.24, 2.45) is 5.92 Å². The van der Waals surface area contributed by atoms with Crippen molar-refractivity contribution in [2.75, 3.05) is 32.0 Å². The van der Waals surface area contributed by atoms with Crippen molar-refractivity contribution in [2.45, 2.75) is 31.3 Å². The summed E-state index contributed by atoms with van der Waals surface area (Å²) in [4.78, 5) is 23.3. The molecule has 2 aromatic heterocycles. The lowest BCUT2D eigenvalue weighted by molar-refractivity contribution is 0.0950. The number of nitrogens with zero attached hydrogens (tertiary/aromatic N) is 4. The number of amides is 1. The van der Waals surface area contributed by atoms with Crippen LogP contribution in [0.4, 0.5) is 5.82 Å². The highest BCUT2D eigenvalue weighted by Gasteiger charge is 2.37. The molecule has 3 aromatic rings. The molecule has 2 atom stereocenters. The van der Waals surface area contributed by atoms with Crippen molar-refractivity contribution in [3.63, 3.8) is 0 Å². The second kappa shape index (κ2) is 9.22. The van der Waals surface area contributed by atoms with Gasteiger partial charge in [-0.05, 0) is 31.4 Å². The smallest absolute Gasteiger partial charge is 0.251 e. The van der Waals surface area contributed by atoms with E-state index in [1.165, 1.54) is 6.33 Å². The average molecular weight is 445 g/mol. The Bertz CT molecular complexity index is 1200. The van der Waals surface area contributed by atoms with Gasteiger partial charge in [0, 0.05) is 49.4 Å². The molecule has 1 aliphatic carbocycles. The van der Waals surface area contributed by atoms with Gasteiger partial charge in [-0.2, -0.15) is 0 Å². The van der Waals surface area contributed by atoms with Crippen LogP contribution in [0.1, 0.15) is 41.2 Å². The molecule has 4 N–H and O–H groups in total. The average Bonchev–Trinajstić information content (AvgIpc) is 3.47. The Morgan fingerprint density at radius 2 is 2.00 bits per heavy atom. The second-order valence-electron chi connectivity index (χ2n) is 8.76. The maximum absolute atomic E-state index is 12.4. The third-order valence-corrected chi connectivity index (χ3v) is 6.54. The fourth-order valence-electron chi connectivity index (χ4n) is 4.57. The molecule has 1 aliphatic heterocycles. The number of hydrogen-bond donors (Lipinski definition) is 3. The van der Waals surface area contributed by atoms with Gasteiger partial charge in [-0.1, -0.05) is 30.0 Å². The highest BCUT2D eigenvalue weighted by molar-refractivity contribution is 5.94. The van der Waals surface area contributed by atoms with Crippen LogP contribution in [-0.4, -0.2) is 62.7 Å². The summed E-state index contributed by atoms with van der Waals surface area (Å²) in [6.07, 6.45) is 6.37. The molecule has 1 aromatic carbocycles. The lowest BCUT2D eigenvalue weighted by Gasteiger charge is -2.32. The highest BCUT2D eigenvalue weighted by Crippen LogP contribution is 2.33. The fourth-order valence-corrected chi connectivity index (χ4v) is 4.57. The monoisotopic (exact) mass is 444 g/mol. The first-order valence-electron chi connectivity index (χ1n) is 11.5. The number of anilines is 1. The van der Waals surface area contributed by atoms with Gasteiger partial charge in [-0.25, -0.2) is 9.97 Å². The van der Waals surface area contributed by atoms with Crippen molar-refractivity contribution < 1.29 is 9.90 Å². The van der Waals surface area contributed by atoms with E-state index in [0.29, 0.717) is 24.0 Å². The summed E-state index contributed by atoms with van der Waals surface area (Å²) in [7, 11) is 0. The molecule has 1 saturated heterocycles. The van der Waals surface area contributed by atoms with Crippen LogP contribution in [0.2, 0.25) is 0 Å². The Hall–Kier alpha value is -3.41. The van der Waals surface area contributed by atoms with Crippen LogP contribution < -0.4 is 11.1 Å². The number of nitrogens with two attached hydrogens (primary N) is 1. The van der Waals surface area contributed by atoms with E-state index in [9.17, 15) is 9.90 Å². The largest absolute Gasteiger partial charge is 0.395 e. The topological polar surface area (TPSA) is 109 Å². The number of carbonyl (C=O) groups excluding carboxylic acids is 1. The Balaban J connectivity index is 1.32. The predicted octanol–water partition coefficient (Wildman–Crippen LogP) is 1.81. The molecule has 2 aliphatic rings. The van der Waals surface area contributed by atoms with E-state index in [-0.39, 0.29) is 24.5 Å². The van der Waals surface area contributed by atoms with E-state index >= 15 is 0 Å². The number of likely N-dealkylation sites (tertiary alicyclic amines) is 1. The van der Waals surface area contributed by atoms with Gasteiger partial charge in [0.15, 0.2) is 0 Å². The molecule has 1 saturated carbocycles. The zero-order valence-corrected chi connectivity index (χ0v) is 18.4. The number of carbonyl (C=O) groups is 1. The van der Waals surface area contributed by atoms with Gasteiger partial charge in [0.2, 0.25) is 0 Å². The summed E-state index contributed by atoms with van der Waals surface area (Å²) in [6.45, 7) is 2.79. The summed E-state index contributed by atoms with van der Waals surface area (Å²) in [6, 6.07) is 9.62. The standard InChI is InChI=1S/C25H28N6O2/c26-23-22-19(7-6-18-14-21(18)29-25(33)17-4-2-1-3-5-17)15-31(24(22)28-16-27-23)20-8-10-30(11-9-20)12-13-32/h1-5,15-16,18,20-21,32H,8-14H2,(H,29,33)(H2,26,27,28). The first-order chi connectivity index (χ1) is 16.1. The minimum absolute atomic E-state index is 0.0633. The lowest BCUT2D eigenvalue weighted by Crippen LogP contribution is -2.36. The minimum atomic E-state index is -0.0633. The summed E-state index contributed by atoms with van der Waals surface area (Å²) in [5.74, 6) is 7.11. The van der Waals surface area contributed by atoms with Gasteiger partial charge < -0.3 is 25.6 Å². The summed E-state index contributed by atoms with van der Waals surface area (Å²) in [5.41, 5.74) is 8.53. The van der Waals surface area contributed by atoms with E-state index < -0.39 is 0 Å². The maximum Gasteiger partial charge on any atom is 0.251 e. The molecule has 8 nitrogen and oxygen atoms in total. The Labute approximate surface area is 192 Å². The number of aromatic nitrogens is 3. The first kappa shape index (κ1) is 21.4. The summed E-state index contributed by atoms with van der Waals surface area (Å²) in [5, 5.41) is 13.1. The third-order valence-electron chi connectivity index (χ3n) is 6.54. The molecule has 170 valence electrons. The van der Waals surface area contributed by atoms with Gasteiger partial charge in [-0.3, -0.25) is 4.79 Å². The molecule has 1 amide bonds. The number of piperidine rings is 1. The number of hydrogen-bond acceptors (Lipinski definition) is 6. The van der Waals surface area contributed by atoms with Crippen molar-refractivity contribution >= 4 is 22.8 Å². The van der Waals surface area contributed by atoms with E-state index in [1.54, 1.807) is 0 Å². The van der Waals surface area contributed by atoms with Crippen molar-refractivity contribution in [3.8, 4) is 11.8 Å². The van der Waals surface area contributed by atoms with Crippen molar-refractivity contribution in [1.29, 1.82) is 0 Å². The second-order valence-corrected chi connectivity index (χ2v) is 8.76. The van der Waals surface area contributed by atoms with Crippen LogP contribution in [0.3, 0.4) is 0 Å². The van der Waals surface area contributed by atoms with E-state index in [0.717, 1.165) is 48.9 Å². The van der Waals surface area contributed by atoms with E-state index in [1.807, 2.05) is 30.3 Å². The summed E-state index contributed by atoms with van der Waals surface area (Å²) < 4.78 is 2.19. The molecule has 0 spiro atoms. The van der Waals surface area contributed by atoms with Crippen LogP contribution in [0.15, 0.2) is 42.9 Å². The molecule has 2 fully saturated rings. The van der Waals surface area contributed by atoms with Gasteiger partial charge in [0.25, 0.3) is 5.91 Å². The Morgan fingerprint density at radius 3 is 2.76 bits per heavy atom. The lowest BCUT2D eigenvalue weighted by atomic mass is 10.0. The molecule has 0 radical (unpaired) electrons. The minimum Gasteiger partial charge on any atom is -0.395 e. The van der Waals surface area contributed by atoms with Gasteiger partial charge in [0.05, 0.1) is 17.6 Å². The molecule has 0 bridgehead atoms. The van der Waals surface area contributed by atoms with Crippen LogP contribution in [0.25, 0.3) is 11.0 Å². The number of aliphatic hydroxyl groups is 1. The maximum atomic E-state index is 12.4. The van der Waals surface area contributed by atoms with Crippen LogP contribution in [-0.2, 0) is 0 Å². The van der Waals surface area contributed by atoms with Crippen LogP contribution in [0.5, 0.6) is 0 Å². The molecule has 3 heterocycles. The number of fused-ring (bicyclic) bond motifs is 1. The highest BCUT2D eigenvalue weighted by atomic mass is 16.3. The molecule has 2 unspecified atom stereocenters. The van der Waals surface area contributed by atoms with E-state index in [2.05, 4.69) is 42.8 Å². The molecule has 8 heteroatoms. The van der Waals surface area contributed by atoms with Crippen LogP contribution in [0, 0.1) is 17.8 Å². The number of rotatable bonds is 5. The van der Waals surface area contributed by atoms with Gasteiger partial charge in [0.1, 0.15) is 17.8 Å². The summed E-state index contributed by atoms with van der Waals surface area (Å²) >= 11 is 0. The Kier molecular flexibility index (Phi) is 5.99. The molecular weight excluding hydrogens is 416 g/mol. The van der Waals surface area contributed by atoms with Gasteiger partial charge in [-0.15, -0.1) is 0 Å². The van der Waals surface area contributed by atoms with Crippen LogP contribution >= 0.6 is 0 Å². The number of benzene rings is 1. The Morgan fingerprint density at radius 1 is 1.21 bits per heavy atom. The number of nitrogens with one attached hydrogen (secondary N) is 1. The normalized spacial score (nSPS) is 20.9. The first-order valence-corrected chi connectivity index (χ1v) is 11.5. The fraction of sp³-hybridized carbons (Fsp3) is 0.400. The quantitative estimate of drug-likeness (QED) is 0.518. The zero-order chi connectivity index (χ0) is 22.8. The van der Waals surface area contributed by atoms with Crippen molar-refractivity contribution in [1.82, 2.24) is 24.8 Å². The number of aliphatic hydroxyl groups excluding tert-OH is 1. The molecule has 33 heavy (non-hydrogen) atoms. The number of nitrogen functional groups attached to an aromatic ring is 1. The number of β-amino-alcohol motifs (C(OH)–C–C–N with tert-alkyl or cyclic N) is 1. The predicted molar refractivity (Wildman–Crippen MR) is 126 cm³/mol. The molecular formula is C25H28N6O2. The van der Waals surface area contributed by atoms with Crippen molar-refractivity contribution in [3.05, 3.63) is 54.0 Å². The SMILES string of the molecule is Nc1ncnc2c1c(C#CC1CC1NC(=O)c1ccccc1)cn2C1CCN(CCO)CC1. The third kappa shape index (κ3) is 4.56. The van der Waals surface area contributed by atoms with Gasteiger partial charge >= 0.3 is 0 Å². The van der Waals surface area contributed by atoms with E-state index in [4.69, 9.17) is 5.73 Å². The zero-order valence-electron chi connectivity index (χ0n) is 18.4. The molecule has 5 rings (SSSR count).